The molecule has 3 aromatic heterocycles. The third-order valence-corrected chi connectivity index (χ3v) is 5.28. The standard InChI is InChI=1S/C19H20N6OS/c1-15-6-7-25(22-15)18-13-17(20-14-21-18)23-8-10-24(11-9-23)19(26)5-4-16-3-2-12-27-16/h2-7,12-14H,8-11H2,1H3/b5-4+. The highest BCUT2D eigenvalue weighted by Gasteiger charge is 2.21. The van der Waals surface area contributed by atoms with Crippen LogP contribution in [0.15, 0.2) is 48.2 Å². The Bertz CT molecular complexity index is 941. The van der Waals surface area contributed by atoms with Crippen molar-refractivity contribution in [3.05, 3.63) is 58.8 Å². The van der Waals surface area contributed by atoms with Crippen LogP contribution in [0.3, 0.4) is 0 Å². The molecule has 0 atom stereocenters. The number of amides is 1. The van der Waals surface area contributed by atoms with Crippen molar-refractivity contribution in [2.45, 2.75) is 6.92 Å². The van der Waals surface area contributed by atoms with E-state index in [9.17, 15) is 4.79 Å². The van der Waals surface area contributed by atoms with E-state index >= 15 is 0 Å². The smallest absolute Gasteiger partial charge is 0.246 e. The minimum absolute atomic E-state index is 0.0541. The van der Waals surface area contributed by atoms with E-state index < -0.39 is 0 Å². The first kappa shape index (κ1) is 17.4. The fourth-order valence-electron chi connectivity index (χ4n) is 2.98. The molecular formula is C19H20N6OS. The Morgan fingerprint density at radius 3 is 2.67 bits per heavy atom. The lowest BCUT2D eigenvalue weighted by Crippen LogP contribution is -2.48. The van der Waals surface area contributed by atoms with E-state index in [1.807, 2.05) is 53.7 Å². The number of carbonyl (C=O) groups is 1. The number of carbonyl (C=O) groups excluding carboxylic acids is 1. The van der Waals surface area contributed by atoms with Crippen molar-refractivity contribution in [2.75, 3.05) is 31.1 Å². The predicted molar refractivity (Wildman–Crippen MR) is 106 cm³/mol. The zero-order valence-corrected chi connectivity index (χ0v) is 15.8. The van der Waals surface area contributed by atoms with Crippen LogP contribution in [-0.4, -0.2) is 56.7 Å². The minimum Gasteiger partial charge on any atom is -0.353 e. The summed E-state index contributed by atoms with van der Waals surface area (Å²) in [7, 11) is 0. The van der Waals surface area contributed by atoms with Crippen LogP contribution in [0.5, 0.6) is 0 Å². The largest absolute Gasteiger partial charge is 0.353 e. The molecule has 8 heteroatoms. The molecule has 0 saturated carbocycles. The summed E-state index contributed by atoms with van der Waals surface area (Å²) in [4.78, 5) is 26.2. The van der Waals surface area contributed by atoms with Crippen LogP contribution in [0.2, 0.25) is 0 Å². The van der Waals surface area contributed by atoms with Crippen LogP contribution >= 0.6 is 11.3 Å². The summed E-state index contributed by atoms with van der Waals surface area (Å²) in [6.45, 7) is 4.78. The topological polar surface area (TPSA) is 67.2 Å². The lowest BCUT2D eigenvalue weighted by Gasteiger charge is -2.34. The lowest BCUT2D eigenvalue weighted by atomic mass is 10.3. The van der Waals surface area contributed by atoms with Crippen molar-refractivity contribution in [3.63, 3.8) is 0 Å². The van der Waals surface area contributed by atoms with E-state index in [2.05, 4.69) is 20.0 Å². The van der Waals surface area contributed by atoms with Crippen LogP contribution in [0, 0.1) is 6.92 Å². The Kier molecular flexibility index (Phi) is 4.97. The van der Waals surface area contributed by atoms with Gasteiger partial charge in [-0.15, -0.1) is 11.3 Å². The molecule has 4 rings (SSSR count). The van der Waals surface area contributed by atoms with Gasteiger partial charge in [0.2, 0.25) is 5.91 Å². The maximum atomic E-state index is 12.4. The van der Waals surface area contributed by atoms with Gasteiger partial charge >= 0.3 is 0 Å². The van der Waals surface area contributed by atoms with Gasteiger partial charge in [-0.3, -0.25) is 4.79 Å². The first-order valence-corrected chi connectivity index (χ1v) is 9.67. The van der Waals surface area contributed by atoms with Crippen LogP contribution < -0.4 is 4.90 Å². The van der Waals surface area contributed by atoms with Gasteiger partial charge in [0.15, 0.2) is 5.82 Å². The van der Waals surface area contributed by atoms with Crippen molar-refractivity contribution in [1.29, 1.82) is 0 Å². The number of nitrogens with zero attached hydrogens (tertiary/aromatic N) is 6. The number of hydrogen-bond donors (Lipinski definition) is 0. The summed E-state index contributed by atoms with van der Waals surface area (Å²) in [6, 6.07) is 7.85. The minimum atomic E-state index is 0.0541. The average Bonchev–Trinajstić information content (AvgIpc) is 3.38. The second-order valence-corrected chi connectivity index (χ2v) is 7.28. The first-order valence-electron chi connectivity index (χ1n) is 8.79. The third kappa shape index (κ3) is 4.06. The highest BCUT2D eigenvalue weighted by atomic mass is 32.1. The van der Waals surface area contributed by atoms with Crippen molar-refractivity contribution < 1.29 is 4.79 Å². The normalized spacial score (nSPS) is 14.9. The number of anilines is 1. The molecule has 0 spiro atoms. The van der Waals surface area contributed by atoms with E-state index in [1.165, 1.54) is 0 Å². The number of thiophene rings is 1. The van der Waals surface area contributed by atoms with E-state index in [1.54, 1.807) is 28.4 Å². The van der Waals surface area contributed by atoms with E-state index in [4.69, 9.17) is 0 Å². The second kappa shape index (κ2) is 7.71. The van der Waals surface area contributed by atoms with Gasteiger partial charge in [-0.25, -0.2) is 14.6 Å². The SMILES string of the molecule is Cc1ccn(-c2cc(N3CCN(C(=O)/C=C/c4cccs4)CC3)ncn2)n1. The molecule has 0 aliphatic carbocycles. The number of piperazine rings is 1. The van der Waals surface area contributed by atoms with Crippen molar-refractivity contribution in [2.24, 2.45) is 0 Å². The Labute approximate surface area is 161 Å². The van der Waals surface area contributed by atoms with Crippen LogP contribution in [0.4, 0.5) is 5.82 Å². The van der Waals surface area contributed by atoms with Gasteiger partial charge in [0.1, 0.15) is 12.1 Å². The van der Waals surface area contributed by atoms with Crippen molar-refractivity contribution in [1.82, 2.24) is 24.6 Å². The number of hydrogen-bond acceptors (Lipinski definition) is 6. The van der Waals surface area contributed by atoms with Gasteiger partial charge in [-0.2, -0.15) is 5.10 Å². The molecule has 0 aromatic carbocycles. The molecule has 3 aromatic rings. The van der Waals surface area contributed by atoms with Crippen molar-refractivity contribution in [3.8, 4) is 5.82 Å². The molecule has 27 heavy (non-hydrogen) atoms. The van der Waals surface area contributed by atoms with Crippen LogP contribution in [0.25, 0.3) is 11.9 Å². The number of aromatic nitrogens is 4. The molecule has 1 fully saturated rings. The molecule has 1 amide bonds. The second-order valence-electron chi connectivity index (χ2n) is 6.30. The number of rotatable bonds is 4. The summed E-state index contributed by atoms with van der Waals surface area (Å²) >= 11 is 1.62. The van der Waals surface area contributed by atoms with Crippen LogP contribution in [-0.2, 0) is 4.79 Å². The molecule has 1 aliphatic heterocycles. The van der Waals surface area contributed by atoms with Gasteiger partial charge < -0.3 is 9.80 Å². The van der Waals surface area contributed by atoms with Crippen molar-refractivity contribution >= 4 is 29.1 Å². The molecule has 0 N–H and O–H groups in total. The van der Waals surface area contributed by atoms with E-state index in [-0.39, 0.29) is 5.91 Å². The monoisotopic (exact) mass is 380 g/mol. The molecule has 4 heterocycles. The molecule has 138 valence electrons. The molecule has 0 radical (unpaired) electrons. The third-order valence-electron chi connectivity index (χ3n) is 4.44. The molecule has 1 saturated heterocycles. The fraction of sp³-hybridized carbons (Fsp3) is 0.263. The van der Waals surface area contributed by atoms with E-state index in [0.29, 0.717) is 13.1 Å². The molecule has 0 unspecified atom stereocenters. The summed E-state index contributed by atoms with van der Waals surface area (Å²) in [5.74, 6) is 1.65. The quantitative estimate of drug-likeness (QED) is 0.650. The average molecular weight is 380 g/mol. The molecular weight excluding hydrogens is 360 g/mol. The highest BCUT2D eigenvalue weighted by Crippen LogP contribution is 2.16. The summed E-state index contributed by atoms with van der Waals surface area (Å²) in [5, 5.41) is 6.40. The maximum absolute atomic E-state index is 12.4. The Morgan fingerprint density at radius 2 is 1.96 bits per heavy atom. The summed E-state index contributed by atoms with van der Waals surface area (Å²) in [6.07, 6.45) is 6.98. The first-order chi connectivity index (χ1) is 13.2. The summed E-state index contributed by atoms with van der Waals surface area (Å²) < 4.78 is 1.75. The number of aryl methyl sites for hydroxylation is 1. The van der Waals surface area contributed by atoms with E-state index in [0.717, 1.165) is 35.3 Å². The van der Waals surface area contributed by atoms with Gasteiger partial charge in [-0.1, -0.05) is 6.07 Å². The Hall–Kier alpha value is -3.00. The zero-order chi connectivity index (χ0) is 18.6. The molecule has 0 bridgehead atoms. The van der Waals surface area contributed by atoms with Gasteiger partial charge in [-0.05, 0) is 30.5 Å². The van der Waals surface area contributed by atoms with Gasteiger partial charge in [0.25, 0.3) is 0 Å². The highest BCUT2D eigenvalue weighted by molar-refractivity contribution is 7.10. The Balaban J connectivity index is 1.38. The molecule has 1 aliphatic rings. The zero-order valence-electron chi connectivity index (χ0n) is 15.0. The van der Waals surface area contributed by atoms with Gasteiger partial charge in [0, 0.05) is 49.4 Å². The van der Waals surface area contributed by atoms with Gasteiger partial charge in [0.05, 0.1) is 5.69 Å². The lowest BCUT2D eigenvalue weighted by molar-refractivity contribution is -0.126. The Morgan fingerprint density at radius 1 is 1.15 bits per heavy atom. The molecule has 7 nitrogen and oxygen atoms in total. The maximum Gasteiger partial charge on any atom is 0.246 e. The predicted octanol–water partition coefficient (Wildman–Crippen LogP) is 2.39. The van der Waals surface area contributed by atoms with Crippen LogP contribution in [0.1, 0.15) is 10.6 Å². The summed E-state index contributed by atoms with van der Waals surface area (Å²) in [5.41, 5.74) is 0.942. The fourth-order valence-corrected chi connectivity index (χ4v) is 3.60.